The second-order valence-electron chi connectivity index (χ2n) is 9.47. The summed E-state index contributed by atoms with van der Waals surface area (Å²) in [6.45, 7) is 3.63. The molecular weight excluding hydrogens is 513 g/mol. The summed E-state index contributed by atoms with van der Waals surface area (Å²) < 4.78 is 20.4. The van der Waals surface area contributed by atoms with Gasteiger partial charge in [0.2, 0.25) is 5.95 Å². The maximum absolute atomic E-state index is 14.3. The minimum atomic E-state index is -0.791. The van der Waals surface area contributed by atoms with E-state index in [1.54, 1.807) is 23.4 Å². The molecule has 3 aromatic rings. The average molecular weight is 540 g/mol. The molecule has 11 heteroatoms. The predicted octanol–water partition coefficient (Wildman–Crippen LogP) is 5.45. The van der Waals surface area contributed by atoms with Crippen molar-refractivity contribution in [3.63, 3.8) is 0 Å². The van der Waals surface area contributed by atoms with Crippen LogP contribution in [0, 0.1) is 11.7 Å². The van der Waals surface area contributed by atoms with Crippen LogP contribution in [0.3, 0.4) is 0 Å². The van der Waals surface area contributed by atoms with E-state index in [0.717, 1.165) is 30.2 Å². The van der Waals surface area contributed by atoms with Crippen molar-refractivity contribution in [3.05, 3.63) is 59.6 Å². The number of anilines is 3. The number of urea groups is 1. The summed E-state index contributed by atoms with van der Waals surface area (Å²) in [5.74, 6) is -0.208. The molecule has 0 aliphatic carbocycles. The fourth-order valence-electron chi connectivity index (χ4n) is 4.77. The van der Waals surface area contributed by atoms with E-state index in [2.05, 4.69) is 15.3 Å². The van der Waals surface area contributed by atoms with Crippen LogP contribution in [0.5, 0.6) is 5.75 Å². The molecule has 9 nitrogen and oxygen atoms in total. The van der Waals surface area contributed by atoms with Gasteiger partial charge in [-0.05, 0) is 54.7 Å². The van der Waals surface area contributed by atoms with Gasteiger partial charge >= 0.3 is 12.0 Å². The second-order valence-corrected chi connectivity index (χ2v) is 9.90. The lowest BCUT2D eigenvalue weighted by molar-refractivity contribution is -0.137. The molecule has 3 heterocycles. The Balaban J connectivity index is 1.34. The Morgan fingerprint density at radius 3 is 2.66 bits per heavy atom. The number of nitrogens with one attached hydrogen (secondary N) is 1. The molecule has 38 heavy (non-hydrogen) atoms. The molecule has 2 N–H and O–H groups in total. The minimum absolute atomic E-state index is 0.0432. The van der Waals surface area contributed by atoms with Gasteiger partial charge in [0.05, 0.1) is 17.9 Å². The maximum Gasteiger partial charge on any atom is 0.326 e. The number of halogens is 2. The van der Waals surface area contributed by atoms with Gasteiger partial charge in [-0.1, -0.05) is 24.6 Å². The van der Waals surface area contributed by atoms with E-state index in [-0.39, 0.29) is 29.2 Å². The van der Waals surface area contributed by atoms with Crippen LogP contribution < -0.4 is 19.9 Å². The first-order valence-electron chi connectivity index (χ1n) is 12.4. The van der Waals surface area contributed by atoms with Crippen molar-refractivity contribution >= 4 is 40.9 Å². The minimum Gasteiger partial charge on any atom is -0.486 e. The van der Waals surface area contributed by atoms with Crippen LogP contribution in [0.4, 0.5) is 26.5 Å². The normalized spacial score (nSPS) is 18.6. The van der Waals surface area contributed by atoms with Gasteiger partial charge in [0.1, 0.15) is 17.7 Å². The average Bonchev–Trinajstić information content (AvgIpc) is 3.37. The van der Waals surface area contributed by atoms with Gasteiger partial charge in [0, 0.05) is 42.5 Å². The summed E-state index contributed by atoms with van der Waals surface area (Å²) in [7, 11) is 0. The second kappa shape index (κ2) is 10.8. The van der Waals surface area contributed by atoms with Crippen LogP contribution in [0.15, 0.2) is 48.8 Å². The fraction of sp³-hybridized carbons (Fsp3) is 0.333. The molecule has 1 aromatic heterocycles. The molecule has 2 atom stereocenters. The molecule has 2 aliphatic heterocycles. The summed E-state index contributed by atoms with van der Waals surface area (Å²) in [6, 6.07) is 9.11. The number of carboxylic acid groups (broad SMARTS) is 1. The van der Waals surface area contributed by atoms with Crippen molar-refractivity contribution in [3.8, 4) is 16.9 Å². The lowest BCUT2D eigenvalue weighted by Gasteiger charge is -2.34. The van der Waals surface area contributed by atoms with E-state index in [1.165, 1.54) is 12.1 Å². The first kappa shape index (κ1) is 25.7. The van der Waals surface area contributed by atoms with Gasteiger partial charge in [0.25, 0.3) is 0 Å². The number of amides is 2. The van der Waals surface area contributed by atoms with Crippen molar-refractivity contribution in [1.29, 1.82) is 0 Å². The molecule has 2 aliphatic rings. The van der Waals surface area contributed by atoms with Crippen molar-refractivity contribution in [2.75, 3.05) is 34.8 Å². The molecule has 1 fully saturated rings. The number of carbonyl (C=O) groups excluding carboxylic acids is 1. The van der Waals surface area contributed by atoms with E-state index >= 15 is 0 Å². The van der Waals surface area contributed by atoms with Crippen LogP contribution in [0.25, 0.3) is 11.1 Å². The van der Waals surface area contributed by atoms with Crippen molar-refractivity contribution in [2.45, 2.75) is 32.3 Å². The third kappa shape index (κ3) is 5.50. The summed E-state index contributed by atoms with van der Waals surface area (Å²) in [4.78, 5) is 36.7. The molecule has 2 aromatic carbocycles. The van der Waals surface area contributed by atoms with Gasteiger partial charge in [-0.15, -0.1) is 0 Å². The van der Waals surface area contributed by atoms with Crippen molar-refractivity contribution in [1.82, 2.24) is 9.97 Å². The van der Waals surface area contributed by atoms with E-state index < -0.39 is 17.8 Å². The SMILES string of the molecule is CCC1CN(C(=O)Nc2ccc(Cl)cc2F)c2ccc(-c3cnc(N4CCC(CC(=O)O)C4)nc3)cc2O1. The number of fused-ring (bicyclic) bond motifs is 1. The fourth-order valence-corrected chi connectivity index (χ4v) is 4.93. The number of hydrogen-bond acceptors (Lipinski definition) is 6. The zero-order valence-electron chi connectivity index (χ0n) is 20.7. The molecular formula is C27H27ClFN5O4. The van der Waals surface area contributed by atoms with Crippen molar-refractivity contribution in [2.24, 2.45) is 5.92 Å². The number of aliphatic carboxylic acids is 1. The van der Waals surface area contributed by atoms with Crippen LogP contribution in [0.1, 0.15) is 26.2 Å². The number of ether oxygens (including phenoxy) is 1. The van der Waals surface area contributed by atoms with Gasteiger partial charge in [-0.2, -0.15) is 0 Å². The Labute approximate surface area is 224 Å². The highest BCUT2D eigenvalue weighted by molar-refractivity contribution is 6.30. The first-order valence-corrected chi connectivity index (χ1v) is 12.8. The van der Waals surface area contributed by atoms with Crippen LogP contribution in [0.2, 0.25) is 5.02 Å². The Hall–Kier alpha value is -3.92. The lowest BCUT2D eigenvalue weighted by atomic mass is 10.1. The molecule has 0 saturated carbocycles. The number of carboxylic acids is 1. The van der Waals surface area contributed by atoms with Gasteiger partial charge in [-0.25, -0.2) is 19.2 Å². The molecule has 0 bridgehead atoms. The third-order valence-corrected chi connectivity index (χ3v) is 7.04. The van der Waals surface area contributed by atoms with E-state index in [1.807, 2.05) is 24.0 Å². The molecule has 198 valence electrons. The number of rotatable bonds is 6. The first-order chi connectivity index (χ1) is 18.3. The Morgan fingerprint density at radius 2 is 1.95 bits per heavy atom. The maximum atomic E-state index is 14.3. The quantitative estimate of drug-likeness (QED) is 0.429. The van der Waals surface area contributed by atoms with Gasteiger partial charge in [-0.3, -0.25) is 9.69 Å². The predicted molar refractivity (Wildman–Crippen MR) is 143 cm³/mol. The van der Waals surface area contributed by atoms with E-state index in [0.29, 0.717) is 36.9 Å². The largest absolute Gasteiger partial charge is 0.486 e. The topological polar surface area (TPSA) is 108 Å². The van der Waals surface area contributed by atoms with Gasteiger partial charge < -0.3 is 20.1 Å². The highest BCUT2D eigenvalue weighted by Gasteiger charge is 2.30. The summed E-state index contributed by atoms with van der Waals surface area (Å²) >= 11 is 5.83. The van der Waals surface area contributed by atoms with Crippen LogP contribution >= 0.6 is 11.6 Å². The molecule has 0 spiro atoms. The van der Waals surface area contributed by atoms with Crippen LogP contribution in [-0.4, -0.2) is 52.8 Å². The highest BCUT2D eigenvalue weighted by Crippen LogP contribution is 2.38. The number of carbonyl (C=O) groups is 2. The molecule has 5 rings (SSSR count). The van der Waals surface area contributed by atoms with Gasteiger partial charge in [0.15, 0.2) is 0 Å². The Bertz CT molecular complexity index is 1360. The molecule has 0 radical (unpaired) electrons. The van der Waals surface area contributed by atoms with Crippen LogP contribution in [-0.2, 0) is 4.79 Å². The number of nitrogens with zero attached hydrogens (tertiary/aromatic N) is 4. The summed E-state index contributed by atoms with van der Waals surface area (Å²) in [6.07, 6.45) is 4.84. The van der Waals surface area contributed by atoms with E-state index in [9.17, 15) is 14.0 Å². The molecule has 1 saturated heterocycles. The molecule has 2 amide bonds. The third-order valence-electron chi connectivity index (χ3n) is 6.81. The number of hydrogen-bond donors (Lipinski definition) is 2. The highest BCUT2D eigenvalue weighted by atomic mass is 35.5. The standard InChI is InChI=1S/C27H27ClFN5O4/c1-2-20-15-34(27(37)32-22-5-4-19(28)11-21(22)29)23-6-3-17(10-24(23)38-20)18-12-30-26(31-13-18)33-8-7-16(14-33)9-25(35)36/h3-6,10-13,16,20H,2,7-9,14-15H2,1H3,(H,32,37)(H,35,36). The zero-order valence-corrected chi connectivity index (χ0v) is 21.5. The van der Waals surface area contributed by atoms with Crippen molar-refractivity contribution < 1.29 is 23.8 Å². The smallest absolute Gasteiger partial charge is 0.326 e. The Morgan fingerprint density at radius 1 is 1.16 bits per heavy atom. The number of aromatic nitrogens is 2. The Kier molecular flexibility index (Phi) is 7.33. The van der Waals surface area contributed by atoms with E-state index in [4.69, 9.17) is 21.4 Å². The monoisotopic (exact) mass is 539 g/mol. The number of benzene rings is 2. The zero-order chi connectivity index (χ0) is 26.8. The lowest BCUT2D eigenvalue weighted by Crippen LogP contribution is -2.45. The summed E-state index contributed by atoms with van der Waals surface area (Å²) in [5.41, 5.74) is 2.21. The summed E-state index contributed by atoms with van der Waals surface area (Å²) in [5, 5.41) is 11.9. The molecule has 2 unspecified atom stereocenters.